The van der Waals surface area contributed by atoms with E-state index in [-0.39, 0.29) is 24.8 Å². The Balaban J connectivity index is 0.00000264. The molecule has 0 amide bonds. The van der Waals surface area contributed by atoms with Crippen LogP contribution in [0.15, 0.2) is 53.8 Å². The maximum absolute atomic E-state index is 5.88. The summed E-state index contributed by atoms with van der Waals surface area (Å²) in [6, 6.07) is 7.86. The van der Waals surface area contributed by atoms with Gasteiger partial charge in [-0.2, -0.15) is 0 Å². The van der Waals surface area contributed by atoms with Crippen molar-refractivity contribution in [3.63, 3.8) is 0 Å². The zero-order valence-electron chi connectivity index (χ0n) is 13.3. The van der Waals surface area contributed by atoms with Crippen LogP contribution in [0.25, 0.3) is 0 Å². The first kappa shape index (κ1) is 22.7. The number of methoxy groups -OCH3 is 1. The summed E-state index contributed by atoms with van der Waals surface area (Å²) in [7, 11) is 1.64. The Morgan fingerprint density at radius 1 is 1.29 bits per heavy atom. The second-order valence-electron chi connectivity index (χ2n) is 4.68. The highest BCUT2D eigenvalue weighted by Crippen LogP contribution is 2.37. The molecule has 0 radical (unpaired) electrons. The number of nitrogens with zero attached hydrogens (tertiary/aromatic N) is 1. The van der Waals surface area contributed by atoms with E-state index in [1.165, 1.54) is 0 Å². The Hall–Kier alpha value is -1.27. The van der Waals surface area contributed by atoms with Gasteiger partial charge in [-0.3, -0.25) is 4.98 Å². The summed E-state index contributed by atoms with van der Waals surface area (Å²) in [5, 5.41) is 3.26. The van der Waals surface area contributed by atoms with E-state index < -0.39 is 0 Å². The van der Waals surface area contributed by atoms with Gasteiger partial charge in [0.05, 0.1) is 11.6 Å². The van der Waals surface area contributed by atoms with Crippen LogP contribution in [0.5, 0.6) is 11.5 Å². The van der Waals surface area contributed by atoms with Crippen molar-refractivity contribution in [3.8, 4) is 11.5 Å². The maximum Gasteiger partial charge on any atom is 0.175 e. The summed E-state index contributed by atoms with van der Waals surface area (Å²) in [6.45, 7) is 5.63. The molecule has 1 N–H and O–H groups in total. The fourth-order valence-electron chi connectivity index (χ4n) is 1.97. The highest BCUT2D eigenvalue weighted by molar-refractivity contribution is 9.10. The van der Waals surface area contributed by atoms with Crippen molar-refractivity contribution in [3.05, 3.63) is 64.9 Å². The Kier molecular flexibility index (Phi) is 11.5. The molecule has 132 valence electrons. The number of rotatable bonds is 8. The number of pyridine rings is 1. The molecule has 0 spiro atoms. The van der Waals surface area contributed by atoms with E-state index in [0.717, 1.165) is 28.7 Å². The fourth-order valence-corrected chi connectivity index (χ4v) is 2.58. The predicted molar refractivity (Wildman–Crippen MR) is 106 cm³/mol. The number of hydrogen-bond acceptors (Lipinski definition) is 4. The van der Waals surface area contributed by atoms with E-state index in [1.54, 1.807) is 19.5 Å². The molecule has 7 heteroatoms. The third-order valence-electron chi connectivity index (χ3n) is 3.01. The molecule has 2 rings (SSSR count). The fraction of sp³-hybridized carbons (Fsp3) is 0.235. The second kappa shape index (κ2) is 12.1. The summed E-state index contributed by atoms with van der Waals surface area (Å²) in [4.78, 5) is 4.08. The molecule has 2 aromatic rings. The lowest BCUT2D eigenvalue weighted by Gasteiger charge is -2.14. The monoisotopic (exact) mass is 434 g/mol. The topological polar surface area (TPSA) is 43.4 Å². The van der Waals surface area contributed by atoms with E-state index >= 15 is 0 Å². The molecule has 24 heavy (non-hydrogen) atoms. The quantitative estimate of drug-likeness (QED) is 0.487. The lowest BCUT2D eigenvalue weighted by molar-refractivity contribution is 0.282. The molecule has 0 aliphatic carbocycles. The average Bonchev–Trinajstić information content (AvgIpc) is 2.54. The third kappa shape index (κ3) is 6.69. The van der Waals surface area contributed by atoms with Gasteiger partial charge in [0.2, 0.25) is 0 Å². The van der Waals surface area contributed by atoms with Crippen LogP contribution >= 0.6 is 40.7 Å². The summed E-state index contributed by atoms with van der Waals surface area (Å²) < 4.78 is 12.2. The molecular formula is C17H21BrCl2N2O2. The van der Waals surface area contributed by atoms with Crippen molar-refractivity contribution < 1.29 is 9.47 Å². The van der Waals surface area contributed by atoms with Gasteiger partial charge in [-0.1, -0.05) is 12.1 Å². The minimum atomic E-state index is 0. The van der Waals surface area contributed by atoms with Crippen molar-refractivity contribution in [2.45, 2.75) is 13.2 Å². The van der Waals surface area contributed by atoms with Gasteiger partial charge in [-0.25, -0.2) is 0 Å². The molecule has 0 saturated heterocycles. The van der Waals surface area contributed by atoms with Crippen LogP contribution in [0.4, 0.5) is 0 Å². The molecule has 1 aromatic heterocycles. The Morgan fingerprint density at radius 3 is 2.71 bits per heavy atom. The van der Waals surface area contributed by atoms with E-state index in [9.17, 15) is 0 Å². The average molecular weight is 436 g/mol. The zero-order chi connectivity index (χ0) is 15.8. The number of benzene rings is 1. The van der Waals surface area contributed by atoms with Crippen LogP contribution in [0.1, 0.15) is 11.1 Å². The van der Waals surface area contributed by atoms with E-state index in [1.807, 2.05) is 30.3 Å². The number of hydrogen-bond donors (Lipinski definition) is 1. The van der Waals surface area contributed by atoms with Crippen LogP contribution in [-0.4, -0.2) is 18.6 Å². The minimum Gasteiger partial charge on any atom is -0.493 e. The smallest absolute Gasteiger partial charge is 0.175 e. The normalized spacial score (nSPS) is 9.42. The maximum atomic E-state index is 5.88. The molecule has 0 aliphatic heterocycles. The standard InChI is InChI=1S/C17H19BrN2O2.2ClH/c1-3-6-19-11-14-8-15(18)17(16(9-14)21-2)22-12-13-5-4-7-20-10-13;;/h3-5,7-10,19H,1,6,11-12H2,2H3;2*1H. The lowest BCUT2D eigenvalue weighted by Crippen LogP contribution is -2.12. The van der Waals surface area contributed by atoms with Gasteiger partial charge in [-0.15, -0.1) is 31.4 Å². The number of halogens is 3. The zero-order valence-corrected chi connectivity index (χ0v) is 16.5. The van der Waals surface area contributed by atoms with Crippen molar-refractivity contribution in [2.24, 2.45) is 0 Å². The van der Waals surface area contributed by atoms with Crippen LogP contribution in [0.2, 0.25) is 0 Å². The van der Waals surface area contributed by atoms with Gasteiger partial charge in [0.15, 0.2) is 11.5 Å². The number of nitrogens with one attached hydrogen (secondary N) is 1. The van der Waals surface area contributed by atoms with Gasteiger partial charge in [0.1, 0.15) is 6.61 Å². The highest BCUT2D eigenvalue weighted by Gasteiger charge is 2.12. The summed E-state index contributed by atoms with van der Waals surface area (Å²) in [6.07, 6.45) is 5.36. The van der Waals surface area contributed by atoms with E-state index in [0.29, 0.717) is 18.1 Å². The molecular weight excluding hydrogens is 415 g/mol. The number of ether oxygens (including phenoxy) is 2. The highest BCUT2D eigenvalue weighted by atomic mass is 79.9. The van der Waals surface area contributed by atoms with Gasteiger partial charge < -0.3 is 14.8 Å². The minimum absolute atomic E-state index is 0. The summed E-state index contributed by atoms with van der Waals surface area (Å²) >= 11 is 3.55. The Labute approximate surface area is 163 Å². The lowest BCUT2D eigenvalue weighted by atomic mass is 10.2. The van der Waals surface area contributed by atoms with Gasteiger partial charge in [0.25, 0.3) is 0 Å². The Bertz CT molecular complexity index is 627. The molecule has 1 aromatic carbocycles. The first-order valence-corrected chi connectivity index (χ1v) is 7.73. The SMILES string of the molecule is C=CCNCc1cc(Br)c(OCc2cccnc2)c(OC)c1.Cl.Cl. The van der Waals surface area contributed by atoms with Crippen molar-refractivity contribution in [1.29, 1.82) is 0 Å². The first-order valence-electron chi connectivity index (χ1n) is 6.94. The van der Waals surface area contributed by atoms with Gasteiger partial charge in [0, 0.05) is 31.0 Å². The molecule has 0 bridgehead atoms. The van der Waals surface area contributed by atoms with Crippen LogP contribution in [0.3, 0.4) is 0 Å². The second-order valence-corrected chi connectivity index (χ2v) is 5.53. The molecule has 1 heterocycles. The van der Waals surface area contributed by atoms with Gasteiger partial charge in [-0.05, 0) is 39.7 Å². The van der Waals surface area contributed by atoms with E-state index in [2.05, 4.69) is 32.8 Å². The van der Waals surface area contributed by atoms with Crippen molar-refractivity contribution in [2.75, 3.05) is 13.7 Å². The molecule has 0 saturated carbocycles. The van der Waals surface area contributed by atoms with Gasteiger partial charge >= 0.3 is 0 Å². The molecule has 0 unspecified atom stereocenters. The molecule has 0 fully saturated rings. The number of aromatic nitrogens is 1. The first-order chi connectivity index (χ1) is 10.7. The van der Waals surface area contributed by atoms with Crippen LogP contribution in [-0.2, 0) is 13.2 Å². The summed E-state index contributed by atoms with van der Waals surface area (Å²) in [5.41, 5.74) is 2.12. The predicted octanol–water partition coefficient (Wildman–Crippen LogP) is 4.55. The van der Waals surface area contributed by atoms with Crippen molar-refractivity contribution in [1.82, 2.24) is 10.3 Å². The molecule has 0 aliphatic rings. The van der Waals surface area contributed by atoms with Crippen LogP contribution < -0.4 is 14.8 Å². The van der Waals surface area contributed by atoms with E-state index in [4.69, 9.17) is 9.47 Å². The van der Waals surface area contributed by atoms with Crippen LogP contribution in [0, 0.1) is 0 Å². The third-order valence-corrected chi connectivity index (χ3v) is 3.60. The van der Waals surface area contributed by atoms with Crippen molar-refractivity contribution >= 4 is 40.7 Å². The molecule has 0 atom stereocenters. The summed E-state index contributed by atoms with van der Waals surface area (Å²) in [5.74, 6) is 1.40. The Morgan fingerprint density at radius 2 is 2.08 bits per heavy atom. The molecule has 4 nitrogen and oxygen atoms in total. The largest absolute Gasteiger partial charge is 0.493 e.